The van der Waals surface area contributed by atoms with E-state index in [1.807, 2.05) is 0 Å². The van der Waals surface area contributed by atoms with Crippen LogP contribution >= 0.6 is 0 Å². The minimum Gasteiger partial charge on any atom is -0.406 e. The lowest BCUT2D eigenvalue weighted by atomic mass is 10.1. The fraction of sp³-hybridized carbons (Fsp3) is 0.273. The highest BCUT2D eigenvalue weighted by molar-refractivity contribution is 6.07. The van der Waals surface area contributed by atoms with E-state index in [1.165, 1.54) is 19.1 Å². The summed E-state index contributed by atoms with van der Waals surface area (Å²) < 4.78 is 39.4. The molecule has 1 aromatic rings. The Kier molecular flexibility index (Phi) is 3.88. The summed E-state index contributed by atoms with van der Waals surface area (Å²) in [4.78, 5) is 22.1. The van der Waals surface area contributed by atoms with Gasteiger partial charge < -0.3 is 4.74 Å². The predicted molar refractivity (Wildman–Crippen MR) is 52.8 cm³/mol. The van der Waals surface area contributed by atoms with Crippen molar-refractivity contribution in [3.8, 4) is 5.75 Å². The van der Waals surface area contributed by atoms with Crippen LogP contribution in [0.25, 0.3) is 0 Å². The van der Waals surface area contributed by atoms with E-state index in [9.17, 15) is 22.8 Å². The van der Waals surface area contributed by atoms with Crippen molar-refractivity contribution >= 4 is 11.6 Å². The molecule has 1 rings (SSSR count). The zero-order valence-corrected chi connectivity index (χ0v) is 8.88. The molecule has 92 valence electrons. The van der Waals surface area contributed by atoms with E-state index in [-0.39, 0.29) is 17.8 Å². The molecule has 0 bridgehead atoms. The Morgan fingerprint density at radius 3 is 2.47 bits per heavy atom. The van der Waals surface area contributed by atoms with Gasteiger partial charge in [-0.05, 0) is 19.1 Å². The highest BCUT2D eigenvalue weighted by Crippen LogP contribution is 2.23. The minimum atomic E-state index is -4.80. The van der Waals surface area contributed by atoms with Gasteiger partial charge in [0.25, 0.3) is 0 Å². The van der Waals surface area contributed by atoms with Gasteiger partial charge in [-0.1, -0.05) is 12.1 Å². The first kappa shape index (κ1) is 13.2. The summed E-state index contributed by atoms with van der Waals surface area (Å²) in [5.74, 6) is -1.37. The summed E-state index contributed by atoms with van der Waals surface area (Å²) in [7, 11) is 0. The second-order valence-corrected chi connectivity index (χ2v) is 3.38. The fourth-order valence-electron chi connectivity index (χ4n) is 1.19. The average Bonchev–Trinajstić information content (AvgIpc) is 2.14. The molecule has 0 aliphatic heterocycles. The maximum absolute atomic E-state index is 11.9. The predicted octanol–water partition coefficient (Wildman–Crippen LogP) is 2.75. The largest absolute Gasteiger partial charge is 0.573 e. The summed E-state index contributed by atoms with van der Waals surface area (Å²) in [6.45, 7) is 1.23. The Labute approximate surface area is 95.2 Å². The third-order valence-corrected chi connectivity index (χ3v) is 1.80. The number of rotatable bonds is 4. The first-order valence-electron chi connectivity index (χ1n) is 4.66. The smallest absolute Gasteiger partial charge is 0.406 e. The number of benzene rings is 1. The molecule has 0 heterocycles. The number of Topliss-reactive ketones (excluding diaryl/α,β-unsaturated/α-hetero) is 2. The maximum atomic E-state index is 11.9. The van der Waals surface area contributed by atoms with E-state index >= 15 is 0 Å². The molecule has 0 unspecified atom stereocenters. The SMILES string of the molecule is CC(=O)CC(=O)c1cccc(OC(F)(F)F)c1. The summed E-state index contributed by atoms with van der Waals surface area (Å²) in [5, 5.41) is 0. The van der Waals surface area contributed by atoms with Gasteiger partial charge in [0.1, 0.15) is 11.5 Å². The molecule has 0 spiro atoms. The van der Waals surface area contributed by atoms with Crippen LogP contribution in [-0.2, 0) is 4.79 Å². The van der Waals surface area contributed by atoms with Crippen molar-refractivity contribution in [2.45, 2.75) is 19.7 Å². The number of ketones is 2. The van der Waals surface area contributed by atoms with Gasteiger partial charge in [-0.2, -0.15) is 0 Å². The van der Waals surface area contributed by atoms with Crippen LogP contribution in [0.4, 0.5) is 13.2 Å². The number of hydrogen-bond donors (Lipinski definition) is 0. The molecular weight excluding hydrogens is 237 g/mol. The van der Waals surface area contributed by atoms with E-state index in [0.29, 0.717) is 0 Å². The highest BCUT2D eigenvalue weighted by atomic mass is 19.4. The van der Waals surface area contributed by atoms with Gasteiger partial charge in [-0.25, -0.2) is 0 Å². The zero-order valence-electron chi connectivity index (χ0n) is 8.88. The van der Waals surface area contributed by atoms with Crippen molar-refractivity contribution in [2.75, 3.05) is 0 Å². The second-order valence-electron chi connectivity index (χ2n) is 3.38. The molecule has 0 fully saturated rings. The number of alkyl halides is 3. The quantitative estimate of drug-likeness (QED) is 0.606. The summed E-state index contributed by atoms with van der Waals surface area (Å²) in [6.07, 6.45) is -5.14. The van der Waals surface area contributed by atoms with Gasteiger partial charge in [-0.15, -0.1) is 13.2 Å². The zero-order chi connectivity index (χ0) is 13.1. The van der Waals surface area contributed by atoms with Gasteiger partial charge in [0, 0.05) is 5.56 Å². The minimum absolute atomic E-state index is 0.0157. The highest BCUT2D eigenvalue weighted by Gasteiger charge is 2.31. The molecule has 6 heteroatoms. The molecule has 1 aromatic carbocycles. The molecular formula is C11H9F3O3. The topological polar surface area (TPSA) is 43.4 Å². The van der Waals surface area contributed by atoms with E-state index in [2.05, 4.69) is 4.74 Å². The van der Waals surface area contributed by atoms with Crippen LogP contribution in [0.1, 0.15) is 23.7 Å². The molecule has 0 saturated heterocycles. The Morgan fingerprint density at radius 2 is 1.94 bits per heavy atom. The lowest BCUT2D eigenvalue weighted by molar-refractivity contribution is -0.274. The molecule has 0 amide bonds. The number of carbonyl (C=O) groups is 2. The van der Waals surface area contributed by atoms with E-state index in [0.717, 1.165) is 12.1 Å². The Hall–Kier alpha value is -1.85. The van der Waals surface area contributed by atoms with Crippen molar-refractivity contribution in [3.63, 3.8) is 0 Å². The lowest BCUT2D eigenvalue weighted by Crippen LogP contribution is -2.17. The van der Waals surface area contributed by atoms with Gasteiger partial charge >= 0.3 is 6.36 Å². The lowest BCUT2D eigenvalue weighted by Gasteiger charge is -2.09. The number of ether oxygens (including phenoxy) is 1. The van der Waals surface area contributed by atoms with E-state index < -0.39 is 17.9 Å². The average molecular weight is 246 g/mol. The van der Waals surface area contributed by atoms with Crippen LogP contribution in [0, 0.1) is 0 Å². The molecule has 17 heavy (non-hydrogen) atoms. The van der Waals surface area contributed by atoms with Crippen molar-refractivity contribution in [1.82, 2.24) is 0 Å². The van der Waals surface area contributed by atoms with Crippen molar-refractivity contribution in [1.29, 1.82) is 0 Å². The molecule has 0 aromatic heterocycles. The Morgan fingerprint density at radius 1 is 1.29 bits per heavy atom. The van der Waals surface area contributed by atoms with Gasteiger partial charge in [0.15, 0.2) is 5.78 Å². The molecule has 3 nitrogen and oxygen atoms in total. The van der Waals surface area contributed by atoms with Gasteiger partial charge in [0.05, 0.1) is 6.42 Å². The molecule has 0 radical (unpaired) electrons. The van der Waals surface area contributed by atoms with Crippen molar-refractivity contribution in [2.24, 2.45) is 0 Å². The fourth-order valence-corrected chi connectivity index (χ4v) is 1.19. The van der Waals surface area contributed by atoms with Gasteiger partial charge in [-0.3, -0.25) is 9.59 Å². The Balaban J connectivity index is 2.86. The van der Waals surface area contributed by atoms with E-state index in [4.69, 9.17) is 0 Å². The summed E-state index contributed by atoms with van der Waals surface area (Å²) >= 11 is 0. The summed E-state index contributed by atoms with van der Waals surface area (Å²) in [6, 6.07) is 4.62. The first-order valence-corrected chi connectivity index (χ1v) is 4.66. The third-order valence-electron chi connectivity index (χ3n) is 1.80. The van der Waals surface area contributed by atoms with Crippen LogP contribution in [0.3, 0.4) is 0 Å². The van der Waals surface area contributed by atoms with E-state index in [1.54, 1.807) is 0 Å². The van der Waals surface area contributed by atoms with Crippen LogP contribution in [0.2, 0.25) is 0 Å². The molecule has 0 aliphatic rings. The Bertz CT molecular complexity index is 438. The van der Waals surface area contributed by atoms with Crippen molar-refractivity contribution < 1.29 is 27.5 Å². The van der Waals surface area contributed by atoms with Crippen LogP contribution in [-0.4, -0.2) is 17.9 Å². The molecule has 0 N–H and O–H groups in total. The normalized spacial score (nSPS) is 11.1. The molecule has 0 saturated carbocycles. The standard InChI is InChI=1S/C11H9F3O3/c1-7(15)5-10(16)8-3-2-4-9(6-8)17-11(12,13)14/h2-4,6H,5H2,1H3. The molecule has 0 aliphatic carbocycles. The second kappa shape index (κ2) is 4.99. The monoisotopic (exact) mass is 246 g/mol. The van der Waals surface area contributed by atoms with Crippen LogP contribution < -0.4 is 4.74 Å². The third kappa shape index (κ3) is 4.67. The number of carbonyl (C=O) groups excluding carboxylic acids is 2. The van der Waals surface area contributed by atoms with Gasteiger partial charge in [0.2, 0.25) is 0 Å². The summed E-state index contributed by atoms with van der Waals surface area (Å²) in [5.41, 5.74) is 0.0157. The number of hydrogen-bond acceptors (Lipinski definition) is 3. The van der Waals surface area contributed by atoms with Crippen LogP contribution in [0.15, 0.2) is 24.3 Å². The first-order chi connectivity index (χ1) is 7.78. The van der Waals surface area contributed by atoms with Crippen LogP contribution in [0.5, 0.6) is 5.75 Å². The van der Waals surface area contributed by atoms with Crippen molar-refractivity contribution in [3.05, 3.63) is 29.8 Å². The maximum Gasteiger partial charge on any atom is 0.573 e. The molecule has 0 atom stereocenters. The number of halogens is 3.